The van der Waals surface area contributed by atoms with Gasteiger partial charge in [0.15, 0.2) is 5.78 Å². The van der Waals surface area contributed by atoms with Gasteiger partial charge in [0, 0.05) is 36.8 Å². The molecule has 1 N–H and O–H groups in total. The number of carbonyl (C=O) groups excluding carboxylic acids is 2. The number of Topliss-reactive ketones (excluding diaryl/α,β-unsaturated/α-hetero) is 1. The van der Waals surface area contributed by atoms with Crippen LogP contribution in [0.2, 0.25) is 0 Å². The Bertz CT molecular complexity index is 1180. The predicted molar refractivity (Wildman–Crippen MR) is 134 cm³/mol. The third-order valence-corrected chi connectivity index (χ3v) is 6.85. The molecule has 174 valence electrons. The summed E-state index contributed by atoms with van der Waals surface area (Å²) < 4.78 is 5.18. The molecule has 2 heterocycles. The number of hydrogen-bond acceptors (Lipinski definition) is 4. The van der Waals surface area contributed by atoms with Crippen LogP contribution in [-0.4, -0.2) is 43.5 Å². The quantitative estimate of drug-likeness (QED) is 0.515. The van der Waals surface area contributed by atoms with Crippen LogP contribution in [0.5, 0.6) is 5.75 Å². The molecule has 3 aromatic rings. The first kappa shape index (κ1) is 22.0. The summed E-state index contributed by atoms with van der Waals surface area (Å²) in [5.74, 6) is 0.812. The zero-order valence-corrected chi connectivity index (χ0v) is 19.4. The maximum atomic E-state index is 13.1. The molecule has 5 rings (SSSR count). The largest absolute Gasteiger partial charge is 0.497 e. The van der Waals surface area contributed by atoms with E-state index in [1.807, 2.05) is 47.4 Å². The fourth-order valence-corrected chi connectivity index (χ4v) is 4.93. The SMILES string of the molecule is COc1ccc(C(=O)C2CCN(C(=O)Nc3ccccc3N3CCc4ccccc43)CC2)cc1. The van der Waals surface area contributed by atoms with E-state index in [-0.39, 0.29) is 17.7 Å². The number of benzene rings is 3. The van der Waals surface area contributed by atoms with Crippen LogP contribution in [0.3, 0.4) is 0 Å². The summed E-state index contributed by atoms with van der Waals surface area (Å²) >= 11 is 0. The van der Waals surface area contributed by atoms with Gasteiger partial charge in [-0.05, 0) is 67.3 Å². The molecular formula is C28H29N3O3. The van der Waals surface area contributed by atoms with Crippen LogP contribution >= 0.6 is 0 Å². The molecule has 34 heavy (non-hydrogen) atoms. The van der Waals surface area contributed by atoms with Crippen LogP contribution < -0.4 is 15.0 Å². The van der Waals surface area contributed by atoms with Crippen LogP contribution in [0.25, 0.3) is 0 Å². The second-order valence-electron chi connectivity index (χ2n) is 8.83. The van der Waals surface area contributed by atoms with Gasteiger partial charge in [-0.3, -0.25) is 4.79 Å². The van der Waals surface area contributed by atoms with Gasteiger partial charge in [-0.1, -0.05) is 30.3 Å². The third kappa shape index (κ3) is 4.36. The van der Waals surface area contributed by atoms with Gasteiger partial charge in [0.2, 0.25) is 0 Å². The van der Waals surface area contributed by atoms with E-state index in [4.69, 9.17) is 4.74 Å². The Morgan fingerprint density at radius 1 is 0.853 bits per heavy atom. The Morgan fingerprint density at radius 2 is 1.53 bits per heavy atom. The van der Waals surface area contributed by atoms with E-state index in [2.05, 4.69) is 40.5 Å². The topological polar surface area (TPSA) is 61.9 Å². The molecule has 1 saturated heterocycles. The first-order valence-electron chi connectivity index (χ1n) is 11.8. The summed E-state index contributed by atoms with van der Waals surface area (Å²) in [4.78, 5) is 30.1. The van der Waals surface area contributed by atoms with Crippen LogP contribution in [0, 0.1) is 5.92 Å². The van der Waals surface area contributed by atoms with Gasteiger partial charge >= 0.3 is 6.03 Å². The Labute approximate surface area is 200 Å². The number of anilines is 3. The zero-order chi connectivity index (χ0) is 23.5. The summed E-state index contributed by atoms with van der Waals surface area (Å²) in [5, 5.41) is 3.12. The lowest BCUT2D eigenvalue weighted by Crippen LogP contribution is -2.42. The Balaban J connectivity index is 1.22. The molecule has 6 nitrogen and oxygen atoms in total. The van der Waals surface area contributed by atoms with Crippen molar-refractivity contribution < 1.29 is 14.3 Å². The van der Waals surface area contributed by atoms with Crippen LogP contribution in [0.1, 0.15) is 28.8 Å². The molecule has 6 heteroatoms. The average Bonchev–Trinajstić information content (AvgIpc) is 3.33. The summed E-state index contributed by atoms with van der Waals surface area (Å²) in [5.41, 5.74) is 5.03. The number of urea groups is 1. The summed E-state index contributed by atoms with van der Waals surface area (Å²) in [6.45, 7) is 2.02. The van der Waals surface area contributed by atoms with Gasteiger partial charge in [0.25, 0.3) is 0 Å². The van der Waals surface area contributed by atoms with Crippen molar-refractivity contribution in [1.29, 1.82) is 0 Å². The van der Waals surface area contributed by atoms with E-state index in [9.17, 15) is 9.59 Å². The van der Waals surface area contributed by atoms with E-state index in [0.717, 1.165) is 30.1 Å². The predicted octanol–water partition coefficient (Wildman–Crippen LogP) is 5.52. The molecule has 2 aliphatic rings. The second-order valence-corrected chi connectivity index (χ2v) is 8.83. The Kier molecular flexibility index (Phi) is 6.21. The molecule has 0 unspecified atom stereocenters. The molecule has 3 aromatic carbocycles. The molecule has 0 spiro atoms. The number of fused-ring (bicyclic) bond motifs is 1. The highest BCUT2D eigenvalue weighted by Crippen LogP contribution is 2.38. The van der Waals surface area contributed by atoms with Crippen molar-refractivity contribution in [2.24, 2.45) is 5.92 Å². The van der Waals surface area contributed by atoms with Crippen molar-refractivity contribution in [3.8, 4) is 5.75 Å². The van der Waals surface area contributed by atoms with Gasteiger partial charge in [-0.2, -0.15) is 0 Å². The first-order chi connectivity index (χ1) is 16.6. The minimum atomic E-state index is -0.115. The maximum Gasteiger partial charge on any atom is 0.321 e. The van der Waals surface area contributed by atoms with Gasteiger partial charge in [0.05, 0.1) is 18.5 Å². The van der Waals surface area contributed by atoms with Gasteiger partial charge in [0.1, 0.15) is 5.75 Å². The molecule has 0 aliphatic carbocycles. The summed E-state index contributed by atoms with van der Waals surface area (Å²) in [7, 11) is 1.61. The number of carbonyl (C=O) groups is 2. The van der Waals surface area contributed by atoms with Crippen molar-refractivity contribution in [2.75, 3.05) is 37.0 Å². The summed E-state index contributed by atoms with van der Waals surface area (Å²) in [6.07, 6.45) is 2.33. The van der Waals surface area contributed by atoms with Crippen LogP contribution in [0.4, 0.5) is 21.9 Å². The van der Waals surface area contributed by atoms with Crippen LogP contribution in [-0.2, 0) is 6.42 Å². The van der Waals surface area contributed by atoms with E-state index in [1.54, 1.807) is 7.11 Å². The molecule has 0 radical (unpaired) electrons. The average molecular weight is 456 g/mol. The summed E-state index contributed by atoms with van der Waals surface area (Å²) in [6, 6.07) is 23.5. The molecule has 0 atom stereocenters. The minimum absolute atomic E-state index is 0.0640. The lowest BCUT2D eigenvalue weighted by Gasteiger charge is -2.32. The number of amides is 2. The first-order valence-corrected chi connectivity index (χ1v) is 11.8. The second kappa shape index (κ2) is 9.59. The third-order valence-electron chi connectivity index (χ3n) is 6.85. The fraction of sp³-hybridized carbons (Fsp3) is 0.286. The molecule has 0 bridgehead atoms. The number of nitrogens with one attached hydrogen (secondary N) is 1. The number of ether oxygens (including phenoxy) is 1. The lowest BCUT2D eigenvalue weighted by atomic mass is 9.89. The molecule has 2 aliphatic heterocycles. The number of piperidine rings is 1. The number of hydrogen-bond donors (Lipinski definition) is 1. The Hall–Kier alpha value is -3.80. The molecule has 0 aromatic heterocycles. The number of ketones is 1. The van der Waals surface area contributed by atoms with E-state index in [1.165, 1.54) is 11.3 Å². The number of rotatable bonds is 5. The normalized spacial score (nSPS) is 15.7. The van der Waals surface area contributed by atoms with Crippen molar-refractivity contribution >= 4 is 28.9 Å². The highest BCUT2D eigenvalue weighted by atomic mass is 16.5. The molecule has 0 saturated carbocycles. The van der Waals surface area contributed by atoms with Crippen molar-refractivity contribution in [3.05, 3.63) is 83.9 Å². The highest BCUT2D eigenvalue weighted by Gasteiger charge is 2.29. The number of para-hydroxylation sites is 3. The van der Waals surface area contributed by atoms with Crippen LogP contribution in [0.15, 0.2) is 72.8 Å². The van der Waals surface area contributed by atoms with Gasteiger partial charge in [-0.15, -0.1) is 0 Å². The Morgan fingerprint density at radius 3 is 2.26 bits per heavy atom. The van der Waals surface area contributed by atoms with Gasteiger partial charge < -0.3 is 19.9 Å². The van der Waals surface area contributed by atoms with Crippen molar-refractivity contribution in [2.45, 2.75) is 19.3 Å². The smallest absolute Gasteiger partial charge is 0.321 e. The minimum Gasteiger partial charge on any atom is -0.497 e. The number of nitrogens with zero attached hydrogens (tertiary/aromatic N) is 2. The van der Waals surface area contributed by atoms with Crippen molar-refractivity contribution in [1.82, 2.24) is 4.90 Å². The zero-order valence-electron chi connectivity index (χ0n) is 19.4. The standard InChI is InChI=1S/C28H29N3O3/c1-34-23-12-10-21(11-13-23)27(32)22-14-17-30(18-15-22)28(33)29-24-7-3-5-9-26(24)31-19-16-20-6-2-4-8-25(20)31/h2-13,22H,14-19H2,1H3,(H,29,33). The van der Waals surface area contributed by atoms with E-state index < -0.39 is 0 Å². The highest BCUT2D eigenvalue weighted by molar-refractivity contribution is 5.98. The van der Waals surface area contributed by atoms with Gasteiger partial charge in [-0.25, -0.2) is 4.79 Å². The van der Waals surface area contributed by atoms with E-state index >= 15 is 0 Å². The molecule has 2 amide bonds. The monoisotopic (exact) mass is 455 g/mol. The molecular weight excluding hydrogens is 426 g/mol. The lowest BCUT2D eigenvalue weighted by molar-refractivity contribution is 0.0859. The molecule has 1 fully saturated rings. The van der Waals surface area contributed by atoms with Crippen molar-refractivity contribution in [3.63, 3.8) is 0 Å². The fourth-order valence-electron chi connectivity index (χ4n) is 4.93. The number of likely N-dealkylation sites (tertiary alicyclic amines) is 1. The maximum absolute atomic E-state index is 13.1. The number of methoxy groups -OCH3 is 1. The van der Waals surface area contributed by atoms with E-state index in [0.29, 0.717) is 31.5 Å².